The van der Waals surface area contributed by atoms with Crippen LogP contribution in [0, 0.1) is 0 Å². The van der Waals surface area contributed by atoms with Crippen LogP contribution in [0.4, 0.5) is 0 Å². The number of imidazole rings is 1. The van der Waals surface area contributed by atoms with Gasteiger partial charge >= 0.3 is 5.97 Å². The minimum absolute atomic E-state index is 0.285. The molecule has 4 nitrogen and oxygen atoms in total. The molecule has 3 rings (SSSR count). The monoisotopic (exact) mass is 378 g/mol. The first-order chi connectivity index (χ1) is 10.6. The van der Waals surface area contributed by atoms with E-state index in [0.717, 1.165) is 11.4 Å². The first-order valence-electron chi connectivity index (χ1n) is 6.72. The number of esters is 1. The molecule has 0 aliphatic rings. The maximum Gasteiger partial charge on any atom is 0.341 e. The average Bonchev–Trinajstić information content (AvgIpc) is 2.85. The molecule has 0 N–H and O–H groups in total. The summed E-state index contributed by atoms with van der Waals surface area (Å²) in [5.74, 6) is 0.267. The molecule has 1 aromatic carbocycles. The summed E-state index contributed by atoms with van der Waals surface area (Å²) >= 11 is 9.62. The van der Waals surface area contributed by atoms with Gasteiger partial charge in [0.25, 0.3) is 0 Å². The molecule has 0 spiro atoms. The highest BCUT2D eigenvalue weighted by atomic mass is 79.9. The summed E-state index contributed by atoms with van der Waals surface area (Å²) in [6, 6.07) is 11.4. The molecule has 0 atom stereocenters. The third-order valence-electron chi connectivity index (χ3n) is 3.23. The number of halogens is 2. The van der Waals surface area contributed by atoms with Gasteiger partial charge in [0.2, 0.25) is 0 Å². The molecule has 0 fully saturated rings. The Labute approximate surface area is 140 Å². The summed E-state index contributed by atoms with van der Waals surface area (Å²) in [7, 11) is 0. The normalized spacial score (nSPS) is 10.9. The highest BCUT2D eigenvalue weighted by molar-refractivity contribution is 9.10. The van der Waals surface area contributed by atoms with Gasteiger partial charge in [0.05, 0.1) is 17.1 Å². The van der Waals surface area contributed by atoms with Gasteiger partial charge in [0.1, 0.15) is 16.0 Å². The second kappa shape index (κ2) is 6.10. The van der Waals surface area contributed by atoms with Gasteiger partial charge in [0.15, 0.2) is 0 Å². The number of hydrogen-bond acceptors (Lipinski definition) is 3. The van der Waals surface area contributed by atoms with Gasteiger partial charge in [0, 0.05) is 11.8 Å². The van der Waals surface area contributed by atoms with Crippen LogP contribution in [0.25, 0.3) is 16.9 Å². The van der Waals surface area contributed by atoms with Crippen molar-refractivity contribution in [2.24, 2.45) is 0 Å². The zero-order chi connectivity index (χ0) is 15.7. The Balaban J connectivity index is 2.29. The molecule has 3 aromatic rings. The first kappa shape index (κ1) is 15.1. The van der Waals surface area contributed by atoms with E-state index in [1.54, 1.807) is 19.2 Å². The lowest BCUT2D eigenvalue weighted by Crippen LogP contribution is -2.07. The van der Waals surface area contributed by atoms with Crippen molar-refractivity contribution in [1.29, 1.82) is 0 Å². The van der Waals surface area contributed by atoms with Crippen LogP contribution in [0.3, 0.4) is 0 Å². The standard InChI is InChI=1S/C16H12BrClN2O2/c1-2-22-16(21)12-11(18)8-9-20-13(12)14(17)19-15(20)10-6-4-3-5-7-10/h3-9H,2H2,1H3. The van der Waals surface area contributed by atoms with Gasteiger partial charge in [-0.1, -0.05) is 41.9 Å². The maximum absolute atomic E-state index is 12.2. The Morgan fingerprint density at radius 1 is 1.32 bits per heavy atom. The van der Waals surface area contributed by atoms with E-state index in [4.69, 9.17) is 16.3 Å². The fourth-order valence-corrected chi connectivity index (χ4v) is 3.08. The molecule has 0 amide bonds. The molecule has 0 saturated heterocycles. The second-order valence-electron chi connectivity index (χ2n) is 4.57. The van der Waals surface area contributed by atoms with Crippen molar-refractivity contribution in [3.8, 4) is 11.4 Å². The molecule has 2 heterocycles. The van der Waals surface area contributed by atoms with Crippen LogP contribution < -0.4 is 0 Å². The number of nitrogens with zero attached hydrogens (tertiary/aromatic N) is 2. The molecule has 0 bridgehead atoms. The smallest absolute Gasteiger partial charge is 0.341 e. The Bertz CT molecular complexity index is 846. The third-order valence-corrected chi connectivity index (χ3v) is 4.09. The molecule has 6 heteroatoms. The lowest BCUT2D eigenvalue weighted by Gasteiger charge is -2.08. The van der Waals surface area contributed by atoms with E-state index >= 15 is 0 Å². The maximum atomic E-state index is 12.2. The minimum atomic E-state index is -0.460. The average molecular weight is 380 g/mol. The summed E-state index contributed by atoms with van der Waals surface area (Å²) in [5, 5.41) is 0.339. The predicted molar refractivity (Wildman–Crippen MR) is 89.3 cm³/mol. The number of benzene rings is 1. The van der Waals surface area contributed by atoms with E-state index in [0.29, 0.717) is 20.7 Å². The van der Waals surface area contributed by atoms with Gasteiger partial charge in [-0.2, -0.15) is 0 Å². The fourth-order valence-electron chi connectivity index (χ4n) is 2.30. The highest BCUT2D eigenvalue weighted by Gasteiger charge is 2.22. The quantitative estimate of drug-likeness (QED) is 0.625. The van der Waals surface area contributed by atoms with Gasteiger partial charge in [-0.15, -0.1) is 0 Å². The summed E-state index contributed by atoms with van der Waals surface area (Å²) < 4.78 is 7.49. The molecule has 0 aliphatic heterocycles. The van der Waals surface area contributed by atoms with Crippen molar-refractivity contribution in [3.05, 3.63) is 57.8 Å². The zero-order valence-electron chi connectivity index (χ0n) is 11.7. The highest BCUT2D eigenvalue weighted by Crippen LogP contribution is 2.32. The molecule has 112 valence electrons. The number of carbonyl (C=O) groups is 1. The Morgan fingerprint density at radius 2 is 2.05 bits per heavy atom. The van der Waals surface area contributed by atoms with Crippen molar-refractivity contribution in [2.75, 3.05) is 6.61 Å². The van der Waals surface area contributed by atoms with Crippen LogP contribution in [0.5, 0.6) is 0 Å². The van der Waals surface area contributed by atoms with Crippen molar-refractivity contribution in [3.63, 3.8) is 0 Å². The number of rotatable bonds is 3. The predicted octanol–water partition coefficient (Wildman–Crippen LogP) is 4.59. The van der Waals surface area contributed by atoms with E-state index in [1.807, 2.05) is 34.7 Å². The fraction of sp³-hybridized carbons (Fsp3) is 0.125. The summed E-state index contributed by atoms with van der Waals surface area (Å²) in [4.78, 5) is 16.7. The van der Waals surface area contributed by atoms with Gasteiger partial charge in [-0.3, -0.25) is 4.40 Å². The summed E-state index contributed by atoms with van der Waals surface area (Å²) in [6.45, 7) is 2.04. The number of fused-ring (bicyclic) bond motifs is 1. The van der Waals surface area contributed by atoms with Crippen LogP contribution in [-0.2, 0) is 4.74 Å². The van der Waals surface area contributed by atoms with Crippen molar-refractivity contribution < 1.29 is 9.53 Å². The third kappa shape index (κ3) is 2.51. The largest absolute Gasteiger partial charge is 0.462 e. The number of pyridine rings is 1. The van der Waals surface area contributed by atoms with Crippen LogP contribution in [-0.4, -0.2) is 22.0 Å². The van der Waals surface area contributed by atoms with E-state index in [-0.39, 0.29) is 6.61 Å². The van der Waals surface area contributed by atoms with Gasteiger partial charge < -0.3 is 4.74 Å². The van der Waals surface area contributed by atoms with Crippen LogP contribution in [0.15, 0.2) is 47.2 Å². The minimum Gasteiger partial charge on any atom is -0.462 e. The lowest BCUT2D eigenvalue weighted by molar-refractivity contribution is 0.0528. The molecular weight excluding hydrogens is 368 g/mol. The molecule has 0 aliphatic carbocycles. The van der Waals surface area contributed by atoms with E-state index in [2.05, 4.69) is 20.9 Å². The first-order valence-corrected chi connectivity index (χ1v) is 7.89. The van der Waals surface area contributed by atoms with Gasteiger partial charge in [-0.05, 0) is 28.9 Å². The molecule has 0 unspecified atom stereocenters. The Kier molecular flexibility index (Phi) is 4.18. The van der Waals surface area contributed by atoms with Gasteiger partial charge in [-0.25, -0.2) is 9.78 Å². The van der Waals surface area contributed by atoms with Crippen molar-refractivity contribution >= 4 is 39.0 Å². The molecule has 0 radical (unpaired) electrons. The zero-order valence-corrected chi connectivity index (χ0v) is 14.1. The van der Waals surface area contributed by atoms with Crippen LogP contribution >= 0.6 is 27.5 Å². The lowest BCUT2D eigenvalue weighted by atomic mass is 10.2. The van der Waals surface area contributed by atoms with E-state index < -0.39 is 5.97 Å². The summed E-state index contributed by atoms with van der Waals surface area (Å²) in [5.41, 5.74) is 1.86. The molecule has 0 saturated carbocycles. The molecule has 22 heavy (non-hydrogen) atoms. The topological polar surface area (TPSA) is 43.6 Å². The SMILES string of the molecule is CCOC(=O)c1c(Cl)ccn2c(-c3ccccc3)nc(Br)c12. The number of hydrogen-bond donors (Lipinski definition) is 0. The molecule has 2 aromatic heterocycles. The Morgan fingerprint density at radius 3 is 2.73 bits per heavy atom. The van der Waals surface area contributed by atoms with Crippen molar-refractivity contribution in [2.45, 2.75) is 6.92 Å². The molecular formula is C16H12BrClN2O2. The van der Waals surface area contributed by atoms with E-state index in [9.17, 15) is 4.79 Å². The summed E-state index contributed by atoms with van der Waals surface area (Å²) in [6.07, 6.45) is 1.79. The van der Waals surface area contributed by atoms with Crippen LogP contribution in [0.1, 0.15) is 17.3 Å². The van der Waals surface area contributed by atoms with Crippen molar-refractivity contribution in [1.82, 2.24) is 9.38 Å². The Hall–Kier alpha value is -1.85. The number of aromatic nitrogens is 2. The number of ether oxygens (including phenoxy) is 1. The number of carbonyl (C=O) groups excluding carboxylic acids is 1. The second-order valence-corrected chi connectivity index (χ2v) is 5.73. The van der Waals surface area contributed by atoms with Crippen LogP contribution in [0.2, 0.25) is 5.02 Å². The van der Waals surface area contributed by atoms with E-state index in [1.165, 1.54) is 0 Å².